The molecule has 0 saturated carbocycles. The number of hydrogen-bond acceptors (Lipinski definition) is 3. The van der Waals surface area contributed by atoms with Crippen molar-refractivity contribution in [2.75, 3.05) is 49.5 Å². The lowest BCUT2D eigenvalue weighted by atomic mass is 10.1. The molecule has 0 unspecified atom stereocenters. The number of benzene rings is 2. The maximum atomic E-state index is 12.9. The van der Waals surface area contributed by atoms with Gasteiger partial charge in [0, 0.05) is 50.6 Å². The van der Waals surface area contributed by atoms with E-state index in [4.69, 9.17) is 0 Å². The number of piperazine rings is 1. The van der Waals surface area contributed by atoms with Crippen molar-refractivity contribution in [1.29, 1.82) is 0 Å². The molecule has 0 aromatic heterocycles. The smallest absolute Gasteiger partial charge is 0.319 e. The van der Waals surface area contributed by atoms with Crippen LogP contribution in [0.5, 0.6) is 0 Å². The van der Waals surface area contributed by atoms with E-state index in [-0.39, 0.29) is 11.8 Å². The van der Waals surface area contributed by atoms with E-state index in [9.17, 15) is 9.18 Å². The number of carbonyl (C=O) groups is 1. The number of nitrogens with zero attached hydrogens (tertiary/aromatic N) is 2. The van der Waals surface area contributed by atoms with Crippen LogP contribution in [-0.2, 0) is 0 Å². The number of hydrogen-bond donors (Lipinski definition) is 2. The average Bonchev–Trinajstić information content (AvgIpc) is 2.67. The van der Waals surface area contributed by atoms with Gasteiger partial charge in [-0.05, 0) is 55.3 Å². The second-order valence-electron chi connectivity index (χ2n) is 6.94. The Kier molecular flexibility index (Phi) is 6.29. The zero-order valence-corrected chi connectivity index (χ0v) is 16.0. The van der Waals surface area contributed by atoms with Gasteiger partial charge in [0.15, 0.2) is 0 Å². The van der Waals surface area contributed by atoms with E-state index in [2.05, 4.69) is 52.5 Å². The number of carbonyl (C=O) groups excluding carboxylic acids is 1. The molecule has 27 heavy (non-hydrogen) atoms. The first kappa shape index (κ1) is 19.2. The van der Waals surface area contributed by atoms with Crippen molar-refractivity contribution in [1.82, 2.24) is 10.2 Å². The van der Waals surface area contributed by atoms with Crippen LogP contribution in [-0.4, -0.2) is 50.2 Å². The van der Waals surface area contributed by atoms with Gasteiger partial charge in [0.25, 0.3) is 0 Å². The van der Waals surface area contributed by atoms with Crippen molar-refractivity contribution in [3.05, 3.63) is 59.4 Å². The van der Waals surface area contributed by atoms with Gasteiger partial charge >= 0.3 is 6.03 Å². The summed E-state index contributed by atoms with van der Waals surface area (Å²) >= 11 is 0. The third kappa shape index (κ3) is 5.20. The average molecular weight is 370 g/mol. The van der Waals surface area contributed by atoms with E-state index in [1.807, 2.05) is 0 Å². The first-order valence-corrected chi connectivity index (χ1v) is 9.37. The van der Waals surface area contributed by atoms with Crippen LogP contribution in [0, 0.1) is 19.7 Å². The first-order chi connectivity index (χ1) is 13.0. The summed E-state index contributed by atoms with van der Waals surface area (Å²) in [7, 11) is 0. The summed E-state index contributed by atoms with van der Waals surface area (Å²) in [6.45, 7) is 9.67. The molecule has 6 heteroatoms. The summed E-state index contributed by atoms with van der Waals surface area (Å²) in [5.41, 5.74) is 4.58. The highest BCUT2D eigenvalue weighted by Gasteiger charge is 2.18. The molecule has 5 nitrogen and oxygen atoms in total. The van der Waals surface area contributed by atoms with Crippen LogP contribution in [0.25, 0.3) is 0 Å². The number of amides is 2. The topological polar surface area (TPSA) is 47.6 Å². The number of anilines is 2. The molecule has 0 bridgehead atoms. The monoisotopic (exact) mass is 370 g/mol. The molecule has 2 aromatic rings. The second-order valence-corrected chi connectivity index (χ2v) is 6.94. The van der Waals surface area contributed by atoms with Gasteiger partial charge in [-0.2, -0.15) is 0 Å². The zero-order chi connectivity index (χ0) is 19.2. The van der Waals surface area contributed by atoms with Crippen molar-refractivity contribution < 1.29 is 9.18 Å². The van der Waals surface area contributed by atoms with E-state index >= 15 is 0 Å². The molecule has 1 aliphatic heterocycles. The lowest BCUT2D eigenvalue weighted by Gasteiger charge is -2.37. The zero-order valence-electron chi connectivity index (χ0n) is 16.0. The van der Waals surface area contributed by atoms with Gasteiger partial charge in [-0.15, -0.1) is 0 Å². The summed E-state index contributed by atoms with van der Waals surface area (Å²) < 4.78 is 12.9. The number of halogens is 1. The Morgan fingerprint density at radius 1 is 1.04 bits per heavy atom. The van der Waals surface area contributed by atoms with Gasteiger partial charge in [0.05, 0.1) is 0 Å². The lowest BCUT2D eigenvalue weighted by Crippen LogP contribution is -2.49. The molecule has 1 aliphatic rings. The molecule has 3 rings (SSSR count). The van der Waals surface area contributed by atoms with Crippen LogP contribution < -0.4 is 15.5 Å². The number of nitrogens with one attached hydrogen (secondary N) is 2. The number of aryl methyl sites for hydroxylation is 1. The van der Waals surface area contributed by atoms with Crippen molar-refractivity contribution >= 4 is 17.4 Å². The molecule has 2 aromatic carbocycles. The third-order valence-corrected chi connectivity index (χ3v) is 5.10. The highest BCUT2D eigenvalue weighted by Crippen LogP contribution is 2.23. The Morgan fingerprint density at radius 3 is 2.44 bits per heavy atom. The Bertz CT molecular complexity index is 770. The summed E-state index contributed by atoms with van der Waals surface area (Å²) in [5, 5.41) is 5.56. The quantitative estimate of drug-likeness (QED) is 0.848. The molecule has 1 saturated heterocycles. The van der Waals surface area contributed by atoms with E-state index < -0.39 is 0 Å². The molecular formula is C21H27FN4O. The molecular weight excluding hydrogens is 343 g/mol. The van der Waals surface area contributed by atoms with Crippen LogP contribution in [0.4, 0.5) is 20.6 Å². The SMILES string of the molecule is Cc1cccc(N2CCN(CCNC(=O)Nc3ccc(F)cc3)CC2)c1C. The molecule has 0 spiro atoms. The highest BCUT2D eigenvalue weighted by atomic mass is 19.1. The van der Waals surface area contributed by atoms with Crippen molar-refractivity contribution in [3.8, 4) is 0 Å². The van der Waals surface area contributed by atoms with E-state index in [1.165, 1.54) is 28.9 Å². The van der Waals surface area contributed by atoms with Gasteiger partial charge in [0.2, 0.25) is 0 Å². The Balaban J connectivity index is 1.39. The third-order valence-electron chi connectivity index (χ3n) is 5.10. The van der Waals surface area contributed by atoms with Gasteiger partial charge in [-0.1, -0.05) is 12.1 Å². The van der Waals surface area contributed by atoms with Crippen LogP contribution in [0.2, 0.25) is 0 Å². The Labute approximate surface area is 160 Å². The van der Waals surface area contributed by atoms with E-state index in [0.717, 1.165) is 32.7 Å². The molecule has 1 fully saturated rings. The summed E-state index contributed by atoms with van der Waals surface area (Å²) in [4.78, 5) is 16.7. The maximum absolute atomic E-state index is 12.9. The van der Waals surface area contributed by atoms with Crippen LogP contribution >= 0.6 is 0 Å². The predicted molar refractivity (Wildman–Crippen MR) is 108 cm³/mol. The molecule has 144 valence electrons. The Morgan fingerprint density at radius 2 is 1.74 bits per heavy atom. The molecule has 2 N–H and O–H groups in total. The second kappa shape index (κ2) is 8.86. The Hall–Kier alpha value is -2.60. The summed E-state index contributed by atoms with van der Waals surface area (Å²) in [6, 6.07) is 11.9. The number of rotatable bonds is 5. The van der Waals surface area contributed by atoms with E-state index in [1.54, 1.807) is 12.1 Å². The first-order valence-electron chi connectivity index (χ1n) is 9.37. The fourth-order valence-corrected chi connectivity index (χ4v) is 3.33. The largest absolute Gasteiger partial charge is 0.369 e. The maximum Gasteiger partial charge on any atom is 0.319 e. The minimum atomic E-state index is -0.319. The van der Waals surface area contributed by atoms with Gasteiger partial charge in [-0.3, -0.25) is 4.90 Å². The van der Waals surface area contributed by atoms with Crippen LogP contribution in [0.3, 0.4) is 0 Å². The predicted octanol–water partition coefficient (Wildman–Crippen LogP) is 3.39. The van der Waals surface area contributed by atoms with Crippen molar-refractivity contribution in [2.24, 2.45) is 0 Å². The highest BCUT2D eigenvalue weighted by molar-refractivity contribution is 5.89. The molecule has 0 aliphatic carbocycles. The standard InChI is InChI=1S/C21H27FN4O/c1-16-4-3-5-20(17(16)2)26-14-12-25(13-15-26)11-10-23-21(27)24-19-8-6-18(22)7-9-19/h3-9H,10-15H2,1-2H3,(H2,23,24,27). The number of urea groups is 1. The van der Waals surface area contributed by atoms with Crippen molar-refractivity contribution in [3.63, 3.8) is 0 Å². The minimum Gasteiger partial charge on any atom is -0.369 e. The molecule has 0 radical (unpaired) electrons. The summed E-state index contributed by atoms with van der Waals surface area (Å²) in [6.07, 6.45) is 0. The van der Waals surface area contributed by atoms with Crippen molar-refractivity contribution in [2.45, 2.75) is 13.8 Å². The molecule has 1 heterocycles. The molecule has 0 atom stereocenters. The van der Waals surface area contributed by atoms with Gasteiger partial charge < -0.3 is 15.5 Å². The fraction of sp³-hybridized carbons (Fsp3) is 0.381. The van der Waals surface area contributed by atoms with Crippen LogP contribution in [0.1, 0.15) is 11.1 Å². The lowest BCUT2D eigenvalue weighted by molar-refractivity contribution is 0.240. The fourth-order valence-electron chi connectivity index (χ4n) is 3.33. The van der Waals surface area contributed by atoms with Crippen LogP contribution in [0.15, 0.2) is 42.5 Å². The van der Waals surface area contributed by atoms with Gasteiger partial charge in [0.1, 0.15) is 5.82 Å². The summed E-state index contributed by atoms with van der Waals surface area (Å²) in [5.74, 6) is -0.319. The van der Waals surface area contributed by atoms with Gasteiger partial charge in [-0.25, -0.2) is 9.18 Å². The minimum absolute atomic E-state index is 0.268. The van der Waals surface area contributed by atoms with E-state index in [0.29, 0.717) is 12.2 Å². The molecule has 2 amide bonds. The normalized spacial score (nSPS) is 14.9.